The van der Waals surface area contributed by atoms with E-state index in [2.05, 4.69) is 0 Å². The molecule has 1 heterocycles. The average molecular weight is 291 g/mol. The van der Waals surface area contributed by atoms with E-state index in [0.29, 0.717) is 11.6 Å². The topological polar surface area (TPSA) is 29.5 Å². The summed E-state index contributed by atoms with van der Waals surface area (Å²) < 4.78 is 6.78. The van der Waals surface area contributed by atoms with Crippen LogP contribution in [-0.4, -0.2) is 24.8 Å². The number of halogens is 1. The van der Waals surface area contributed by atoms with E-state index >= 15 is 0 Å². The summed E-state index contributed by atoms with van der Waals surface area (Å²) in [4.78, 5) is 10.8. The number of hydrogen-bond acceptors (Lipinski definition) is 3. The van der Waals surface area contributed by atoms with Crippen molar-refractivity contribution < 1.29 is 9.42 Å². The van der Waals surface area contributed by atoms with Crippen molar-refractivity contribution >= 4 is 45.4 Å². The monoisotopic (exact) mass is 290 g/mol. The summed E-state index contributed by atoms with van der Waals surface area (Å²) in [5, 5.41) is 4.55. The Labute approximate surface area is 110 Å². The fourth-order valence-corrected chi connectivity index (χ4v) is 6.12. The molecular weight excluding hydrogens is 275 g/mol. The molecule has 5 heteroatoms. The molecule has 1 aromatic heterocycles. The molecule has 0 aliphatic carbocycles. The summed E-state index contributed by atoms with van der Waals surface area (Å²) in [7, 11) is -3.24. The van der Waals surface area contributed by atoms with Crippen molar-refractivity contribution in [2.45, 2.75) is 6.92 Å². The standard InChI is InChI=1S/C12H16ClO2PS/c1-4-15-16(2,3,14)11-8-17-12-6-5-9(13)7-10(11)12/h5-8,14H,4H2,1-3H3. The number of hydrogen-bond donors (Lipinski definition) is 1. The molecule has 2 rings (SSSR count). The van der Waals surface area contributed by atoms with Crippen molar-refractivity contribution in [3.05, 3.63) is 28.6 Å². The third-order valence-corrected chi connectivity index (χ3v) is 6.85. The van der Waals surface area contributed by atoms with Gasteiger partial charge in [0.05, 0.1) is 0 Å². The van der Waals surface area contributed by atoms with Gasteiger partial charge in [-0.25, -0.2) is 0 Å². The van der Waals surface area contributed by atoms with Crippen molar-refractivity contribution in [2.24, 2.45) is 0 Å². The molecule has 0 spiro atoms. The van der Waals surface area contributed by atoms with Crippen LogP contribution in [0.4, 0.5) is 0 Å². The molecular formula is C12H16ClO2PS. The van der Waals surface area contributed by atoms with E-state index in [-0.39, 0.29) is 0 Å². The number of benzene rings is 1. The third-order valence-electron chi connectivity index (χ3n) is 2.71. The van der Waals surface area contributed by atoms with Crippen LogP contribution in [-0.2, 0) is 4.52 Å². The van der Waals surface area contributed by atoms with Crippen LogP contribution >= 0.6 is 30.0 Å². The fraction of sp³-hybridized carbons (Fsp3) is 0.333. The molecule has 0 aliphatic rings. The van der Waals surface area contributed by atoms with E-state index < -0.39 is 7.06 Å². The first-order valence-corrected chi connectivity index (χ1v) is 9.66. The molecule has 1 aromatic carbocycles. The van der Waals surface area contributed by atoms with Gasteiger partial charge in [0.2, 0.25) is 0 Å². The van der Waals surface area contributed by atoms with Crippen LogP contribution in [0.25, 0.3) is 10.1 Å². The Hall–Kier alpha value is -0.180. The van der Waals surface area contributed by atoms with Gasteiger partial charge in [-0.2, -0.15) is 0 Å². The van der Waals surface area contributed by atoms with Crippen LogP contribution in [0.15, 0.2) is 23.6 Å². The molecule has 0 saturated carbocycles. The zero-order valence-electron chi connectivity index (χ0n) is 10.1. The zero-order valence-corrected chi connectivity index (χ0v) is 12.6. The van der Waals surface area contributed by atoms with E-state index in [9.17, 15) is 4.89 Å². The van der Waals surface area contributed by atoms with Crippen molar-refractivity contribution in [3.8, 4) is 0 Å². The second-order valence-corrected chi connectivity index (χ2v) is 10.6. The van der Waals surface area contributed by atoms with E-state index in [1.54, 1.807) is 24.7 Å². The van der Waals surface area contributed by atoms with Crippen LogP contribution in [0.1, 0.15) is 6.92 Å². The molecule has 2 nitrogen and oxygen atoms in total. The van der Waals surface area contributed by atoms with Gasteiger partial charge in [-0.15, -0.1) is 0 Å². The number of thiophene rings is 1. The average Bonchev–Trinajstić information content (AvgIpc) is 2.60. The first-order chi connectivity index (χ1) is 7.82. The SMILES string of the molecule is CCOP(C)(C)(O)c1csc2ccc(Cl)cc12. The normalized spacial score (nSPS) is 14.8. The van der Waals surface area contributed by atoms with Crippen LogP contribution in [0.2, 0.25) is 5.02 Å². The number of fused-ring (bicyclic) bond motifs is 1. The van der Waals surface area contributed by atoms with E-state index in [4.69, 9.17) is 16.1 Å². The molecule has 17 heavy (non-hydrogen) atoms. The summed E-state index contributed by atoms with van der Waals surface area (Å²) >= 11 is 7.62. The van der Waals surface area contributed by atoms with Gasteiger partial charge in [0.15, 0.2) is 0 Å². The second kappa shape index (κ2) is 4.18. The third kappa shape index (κ3) is 2.49. The van der Waals surface area contributed by atoms with E-state index in [1.807, 2.05) is 30.5 Å². The molecule has 0 fully saturated rings. The van der Waals surface area contributed by atoms with Gasteiger partial charge in [-0.05, 0) is 0 Å². The fourth-order valence-electron chi connectivity index (χ4n) is 1.93. The van der Waals surface area contributed by atoms with Gasteiger partial charge in [0.1, 0.15) is 0 Å². The summed E-state index contributed by atoms with van der Waals surface area (Å²) in [5.74, 6) is 0. The molecule has 2 aromatic rings. The van der Waals surface area contributed by atoms with Gasteiger partial charge in [0.25, 0.3) is 0 Å². The summed E-state index contributed by atoms with van der Waals surface area (Å²) in [6, 6.07) is 5.74. The maximum absolute atomic E-state index is 10.8. The molecule has 0 amide bonds. The zero-order chi connectivity index (χ0) is 12.7. The van der Waals surface area contributed by atoms with Crippen LogP contribution < -0.4 is 5.30 Å². The Kier molecular flexibility index (Phi) is 3.26. The van der Waals surface area contributed by atoms with E-state index in [1.165, 1.54) is 0 Å². The predicted molar refractivity (Wildman–Crippen MR) is 79.1 cm³/mol. The Morgan fingerprint density at radius 3 is 2.76 bits per heavy atom. The molecule has 0 atom stereocenters. The van der Waals surface area contributed by atoms with Gasteiger partial charge in [-0.1, -0.05) is 0 Å². The van der Waals surface area contributed by atoms with Crippen molar-refractivity contribution in [1.29, 1.82) is 0 Å². The minimum atomic E-state index is -3.24. The first kappa shape index (κ1) is 13.3. The first-order valence-electron chi connectivity index (χ1n) is 5.40. The van der Waals surface area contributed by atoms with Crippen molar-refractivity contribution in [1.82, 2.24) is 0 Å². The van der Waals surface area contributed by atoms with Crippen LogP contribution in [0, 0.1) is 0 Å². The molecule has 0 bridgehead atoms. The van der Waals surface area contributed by atoms with Crippen molar-refractivity contribution in [2.75, 3.05) is 19.9 Å². The van der Waals surface area contributed by atoms with Gasteiger partial charge >= 0.3 is 110 Å². The Bertz CT molecular complexity index is 556. The Morgan fingerprint density at radius 1 is 1.41 bits per heavy atom. The molecule has 1 N–H and O–H groups in total. The molecule has 0 saturated heterocycles. The second-order valence-electron chi connectivity index (χ2n) is 4.61. The van der Waals surface area contributed by atoms with Crippen LogP contribution in [0.3, 0.4) is 0 Å². The number of rotatable bonds is 3. The summed E-state index contributed by atoms with van der Waals surface area (Å²) in [6.45, 7) is 6.00. The quantitative estimate of drug-likeness (QED) is 0.870. The molecule has 0 unspecified atom stereocenters. The van der Waals surface area contributed by atoms with Gasteiger partial charge in [-0.3, -0.25) is 0 Å². The molecule has 94 valence electrons. The van der Waals surface area contributed by atoms with Gasteiger partial charge in [0, 0.05) is 0 Å². The van der Waals surface area contributed by atoms with Gasteiger partial charge < -0.3 is 0 Å². The Balaban J connectivity index is 2.67. The summed E-state index contributed by atoms with van der Waals surface area (Å²) in [5.41, 5.74) is 0. The van der Waals surface area contributed by atoms with E-state index in [0.717, 1.165) is 15.4 Å². The minimum absolute atomic E-state index is 0.499. The molecule has 0 aliphatic heterocycles. The van der Waals surface area contributed by atoms with Crippen LogP contribution in [0.5, 0.6) is 0 Å². The maximum atomic E-state index is 10.8. The summed E-state index contributed by atoms with van der Waals surface area (Å²) in [6.07, 6.45) is 0. The Morgan fingerprint density at radius 2 is 2.12 bits per heavy atom. The predicted octanol–water partition coefficient (Wildman–Crippen LogP) is 3.85. The molecule has 0 radical (unpaired) electrons. The van der Waals surface area contributed by atoms with Crippen molar-refractivity contribution in [3.63, 3.8) is 0 Å².